The van der Waals surface area contributed by atoms with Gasteiger partial charge in [-0.05, 0) is 66.9 Å². The molecule has 13 heteroatoms. The molecule has 1 aliphatic heterocycles. The molecule has 1 aliphatic rings. The molecule has 1 heterocycles. The number of nitrogens with one attached hydrogen (secondary N) is 1. The Kier molecular flexibility index (Phi) is 6.26. The van der Waals surface area contributed by atoms with Crippen LogP contribution in [0.25, 0.3) is 0 Å². The van der Waals surface area contributed by atoms with Crippen molar-refractivity contribution < 1.29 is 38.8 Å². The van der Waals surface area contributed by atoms with E-state index in [-0.39, 0.29) is 22.8 Å². The number of alkyl halides is 3. The monoisotopic (exact) mass is 532 g/mol. The summed E-state index contributed by atoms with van der Waals surface area (Å²) in [6.07, 6.45) is -3.72. The molecule has 0 saturated heterocycles. The van der Waals surface area contributed by atoms with Crippen LogP contribution >= 0.6 is 0 Å². The van der Waals surface area contributed by atoms with E-state index in [4.69, 9.17) is 0 Å². The summed E-state index contributed by atoms with van der Waals surface area (Å²) in [5.41, 5.74) is -0.374. The number of anilines is 2. The molecule has 0 aromatic heterocycles. The zero-order valence-electron chi connectivity index (χ0n) is 17.7. The van der Waals surface area contributed by atoms with Crippen molar-refractivity contribution in [3.63, 3.8) is 0 Å². The topological polar surface area (TPSA) is 83.6 Å². The van der Waals surface area contributed by atoms with Gasteiger partial charge in [0, 0.05) is 12.6 Å². The highest BCUT2D eigenvalue weighted by molar-refractivity contribution is 7.93. The van der Waals surface area contributed by atoms with E-state index >= 15 is 0 Å². The average Bonchev–Trinajstić information content (AvgIpc) is 2.77. The van der Waals surface area contributed by atoms with E-state index in [1.807, 2.05) is 0 Å². The molecule has 0 radical (unpaired) electrons. The molecular formula is C22H17F5N2O4S2. The van der Waals surface area contributed by atoms with E-state index in [9.17, 15) is 38.8 Å². The van der Waals surface area contributed by atoms with E-state index in [0.29, 0.717) is 36.6 Å². The summed E-state index contributed by atoms with van der Waals surface area (Å²) in [6, 6.07) is 9.12. The second-order valence-corrected chi connectivity index (χ2v) is 11.2. The summed E-state index contributed by atoms with van der Waals surface area (Å²) >= 11 is 0. The van der Waals surface area contributed by atoms with Crippen LogP contribution in [0, 0.1) is 11.6 Å². The van der Waals surface area contributed by atoms with Gasteiger partial charge in [0.05, 0.1) is 21.8 Å². The van der Waals surface area contributed by atoms with E-state index in [1.165, 1.54) is 18.2 Å². The zero-order valence-corrected chi connectivity index (χ0v) is 19.3. The van der Waals surface area contributed by atoms with Crippen LogP contribution in [0.15, 0.2) is 70.5 Å². The van der Waals surface area contributed by atoms with Gasteiger partial charge in [-0.25, -0.2) is 25.6 Å². The van der Waals surface area contributed by atoms with Crippen molar-refractivity contribution in [3.05, 3.63) is 83.4 Å². The quantitative estimate of drug-likeness (QED) is 0.473. The highest BCUT2D eigenvalue weighted by Gasteiger charge is 2.33. The Hall–Kier alpha value is -3.19. The predicted octanol–water partition coefficient (Wildman–Crippen LogP) is 4.93. The third kappa shape index (κ3) is 4.96. The van der Waals surface area contributed by atoms with Gasteiger partial charge in [0.2, 0.25) is 0 Å². The number of nitrogens with zero attached hydrogens (tertiary/aromatic N) is 1. The van der Waals surface area contributed by atoms with Gasteiger partial charge in [-0.3, -0.25) is 9.03 Å². The Balaban J connectivity index is 1.69. The number of hydrogen-bond donors (Lipinski definition) is 1. The number of fused-ring (bicyclic) bond motifs is 1. The first-order valence-electron chi connectivity index (χ1n) is 10.1. The van der Waals surface area contributed by atoms with Crippen molar-refractivity contribution in [1.82, 2.24) is 0 Å². The van der Waals surface area contributed by atoms with Gasteiger partial charge in [0.25, 0.3) is 20.0 Å². The molecule has 0 saturated carbocycles. The fourth-order valence-electron chi connectivity index (χ4n) is 3.70. The lowest BCUT2D eigenvalue weighted by atomic mass is 10.0. The standard InChI is InChI=1S/C22H17F5N2O4S2/c23-16-6-10-21(19(24)12-16)34(30,31)28-17-7-3-14-2-1-11-29(20(14)13-17)35(32,33)18-8-4-15(5-9-18)22(25,26)27/h3-10,12-13,28H,1-2,11H2. The molecule has 0 spiro atoms. The van der Waals surface area contributed by atoms with Gasteiger partial charge in [0.15, 0.2) is 0 Å². The maximum atomic E-state index is 14.0. The second-order valence-electron chi connectivity index (χ2n) is 7.73. The molecule has 0 bridgehead atoms. The van der Waals surface area contributed by atoms with Crippen LogP contribution < -0.4 is 9.03 Å². The summed E-state index contributed by atoms with van der Waals surface area (Å²) in [5, 5.41) is 0. The molecule has 3 aromatic carbocycles. The number of benzene rings is 3. The third-order valence-electron chi connectivity index (χ3n) is 5.37. The van der Waals surface area contributed by atoms with Crippen LogP contribution in [0.4, 0.5) is 33.3 Å². The van der Waals surface area contributed by atoms with Gasteiger partial charge in [-0.1, -0.05) is 6.07 Å². The Labute approximate surface area is 198 Å². The van der Waals surface area contributed by atoms with Crippen molar-refractivity contribution in [2.45, 2.75) is 28.8 Å². The maximum Gasteiger partial charge on any atom is 0.416 e. The molecule has 0 amide bonds. The predicted molar refractivity (Wildman–Crippen MR) is 118 cm³/mol. The lowest BCUT2D eigenvalue weighted by Crippen LogP contribution is -2.35. The van der Waals surface area contributed by atoms with Crippen molar-refractivity contribution in [2.24, 2.45) is 0 Å². The van der Waals surface area contributed by atoms with Crippen molar-refractivity contribution in [3.8, 4) is 0 Å². The normalized spacial score (nSPS) is 14.5. The number of aryl methyl sites for hydroxylation is 1. The molecule has 186 valence electrons. The molecule has 35 heavy (non-hydrogen) atoms. The molecule has 6 nitrogen and oxygen atoms in total. The molecule has 0 unspecified atom stereocenters. The highest BCUT2D eigenvalue weighted by atomic mass is 32.2. The maximum absolute atomic E-state index is 14.0. The van der Waals surface area contributed by atoms with Crippen molar-refractivity contribution >= 4 is 31.4 Å². The van der Waals surface area contributed by atoms with Crippen LogP contribution in [-0.2, 0) is 32.6 Å². The largest absolute Gasteiger partial charge is 0.416 e. The summed E-state index contributed by atoms with van der Waals surface area (Å²) < 4.78 is 121. The molecule has 4 rings (SSSR count). The van der Waals surface area contributed by atoms with E-state index in [2.05, 4.69) is 4.72 Å². The Morgan fingerprint density at radius 2 is 1.54 bits per heavy atom. The fourth-order valence-corrected chi connectivity index (χ4v) is 6.34. The molecule has 0 fully saturated rings. The number of sulfonamides is 2. The fraction of sp³-hybridized carbons (Fsp3) is 0.182. The molecule has 0 atom stereocenters. The van der Waals surface area contributed by atoms with E-state index in [0.717, 1.165) is 28.6 Å². The van der Waals surface area contributed by atoms with Gasteiger partial charge in [0.1, 0.15) is 16.5 Å². The summed E-state index contributed by atoms with van der Waals surface area (Å²) in [7, 11) is -8.75. The van der Waals surface area contributed by atoms with Gasteiger partial charge < -0.3 is 0 Å². The lowest BCUT2D eigenvalue weighted by Gasteiger charge is -2.31. The minimum absolute atomic E-state index is 0.0130. The minimum atomic E-state index is -4.63. The SMILES string of the molecule is O=S(=O)(Nc1ccc2c(c1)N(S(=O)(=O)c1ccc(C(F)(F)F)cc1)CCC2)c1ccc(F)cc1F. The Bertz CT molecular complexity index is 1490. The van der Waals surface area contributed by atoms with Crippen LogP contribution in [0.1, 0.15) is 17.5 Å². The molecular weight excluding hydrogens is 515 g/mol. The first-order valence-corrected chi connectivity index (χ1v) is 13.0. The number of halogens is 5. The van der Waals surface area contributed by atoms with E-state index in [1.54, 1.807) is 0 Å². The van der Waals surface area contributed by atoms with Gasteiger partial charge >= 0.3 is 6.18 Å². The molecule has 1 N–H and O–H groups in total. The second kappa shape index (κ2) is 8.79. The Morgan fingerprint density at radius 1 is 0.857 bits per heavy atom. The lowest BCUT2D eigenvalue weighted by molar-refractivity contribution is -0.137. The third-order valence-corrected chi connectivity index (χ3v) is 8.61. The number of rotatable bonds is 5. The highest BCUT2D eigenvalue weighted by Crippen LogP contribution is 2.36. The van der Waals surface area contributed by atoms with Crippen LogP contribution in [0.2, 0.25) is 0 Å². The zero-order chi connectivity index (χ0) is 25.6. The van der Waals surface area contributed by atoms with Crippen LogP contribution in [0.3, 0.4) is 0 Å². The Morgan fingerprint density at radius 3 is 2.17 bits per heavy atom. The summed E-state index contributed by atoms with van der Waals surface area (Å²) in [5.74, 6) is -2.26. The van der Waals surface area contributed by atoms with Crippen molar-refractivity contribution in [2.75, 3.05) is 15.6 Å². The first-order chi connectivity index (χ1) is 16.3. The van der Waals surface area contributed by atoms with Crippen LogP contribution in [0.5, 0.6) is 0 Å². The number of hydrogen-bond acceptors (Lipinski definition) is 4. The smallest absolute Gasteiger partial charge is 0.279 e. The average molecular weight is 533 g/mol. The molecule has 0 aliphatic carbocycles. The first kappa shape index (κ1) is 24.9. The van der Waals surface area contributed by atoms with E-state index < -0.39 is 48.3 Å². The summed E-state index contributed by atoms with van der Waals surface area (Å²) in [4.78, 5) is -1.16. The minimum Gasteiger partial charge on any atom is -0.279 e. The van der Waals surface area contributed by atoms with Gasteiger partial charge in [-0.15, -0.1) is 0 Å². The van der Waals surface area contributed by atoms with Gasteiger partial charge in [-0.2, -0.15) is 13.2 Å². The van der Waals surface area contributed by atoms with Crippen LogP contribution in [-0.4, -0.2) is 23.4 Å². The molecule has 3 aromatic rings. The van der Waals surface area contributed by atoms with Crippen molar-refractivity contribution in [1.29, 1.82) is 0 Å². The summed E-state index contributed by atoms with van der Waals surface area (Å²) in [6.45, 7) is 0.0130.